The van der Waals surface area contributed by atoms with Gasteiger partial charge in [-0.2, -0.15) is 5.10 Å². The average molecular weight is 208 g/mol. The lowest BCUT2D eigenvalue weighted by atomic mass is 10.3. The molecular formula is C9H12N4S. The summed E-state index contributed by atoms with van der Waals surface area (Å²) >= 11 is 1.66. The van der Waals surface area contributed by atoms with Gasteiger partial charge in [-0.3, -0.25) is 9.67 Å². The number of thiazole rings is 1. The number of hydrogen-bond donors (Lipinski definition) is 1. The van der Waals surface area contributed by atoms with Gasteiger partial charge in [-0.15, -0.1) is 11.3 Å². The third kappa shape index (κ3) is 1.93. The zero-order valence-electron chi connectivity index (χ0n) is 8.14. The van der Waals surface area contributed by atoms with Gasteiger partial charge in [0.15, 0.2) is 0 Å². The highest BCUT2D eigenvalue weighted by Gasteiger charge is 2.07. The maximum atomic E-state index is 4.09. The van der Waals surface area contributed by atoms with Crippen LogP contribution in [-0.4, -0.2) is 14.8 Å². The maximum Gasteiger partial charge on any atom is 0.0795 e. The van der Waals surface area contributed by atoms with Crippen molar-refractivity contribution in [3.8, 4) is 0 Å². The molecule has 0 aliphatic heterocycles. The van der Waals surface area contributed by atoms with Gasteiger partial charge in [-0.25, -0.2) is 0 Å². The van der Waals surface area contributed by atoms with E-state index in [2.05, 4.69) is 22.3 Å². The highest BCUT2D eigenvalue weighted by molar-refractivity contribution is 7.09. The molecule has 0 bridgehead atoms. The molecule has 2 heterocycles. The van der Waals surface area contributed by atoms with Crippen molar-refractivity contribution in [3.63, 3.8) is 0 Å². The van der Waals surface area contributed by atoms with Crippen LogP contribution in [0.5, 0.6) is 0 Å². The van der Waals surface area contributed by atoms with E-state index >= 15 is 0 Å². The topological polar surface area (TPSA) is 42.7 Å². The van der Waals surface area contributed by atoms with Gasteiger partial charge in [0.05, 0.1) is 23.4 Å². The summed E-state index contributed by atoms with van der Waals surface area (Å²) in [5.41, 5.74) is 2.88. The lowest BCUT2D eigenvalue weighted by molar-refractivity contribution is 0.767. The Morgan fingerprint density at radius 1 is 1.50 bits per heavy atom. The number of nitrogens with zero attached hydrogens (tertiary/aromatic N) is 3. The highest BCUT2D eigenvalue weighted by atomic mass is 32.1. The first-order chi connectivity index (χ1) is 6.75. The molecule has 0 radical (unpaired) electrons. The number of rotatable bonds is 3. The Labute approximate surface area is 86.6 Å². The second-order valence-electron chi connectivity index (χ2n) is 3.17. The minimum absolute atomic E-state index is 0.284. The SMILES string of the molecule is CC(Nc1cnn(C)c1)c1cncs1. The van der Waals surface area contributed by atoms with Crippen molar-refractivity contribution in [2.45, 2.75) is 13.0 Å². The summed E-state index contributed by atoms with van der Waals surface area (Å²) in [6, 6.07) is 0.284. The lowest BCUT2D eigenvalue weighted by Crippen LogP contribution is -2.03. The summed E-state index contributed by atoms with van der Waals surface area (Å²) < 4.78 is 1.78. The Balaban J connectivity index is 2.05. The predicted molar refractivity (Wildman–Crippen MR) is 57.4 cm³/mol. The summed E-state index contributed by atoms with van der Waals surface area (Å²) in [6.07, 6.45) is 5.66. The molecule has 0 aliphatic carbocycles. The zero-order chi connectivity index (χ0) is 9.97. The molecule has 1 N–H and O–H groups in total. The molecule has 0 aliphatic rings. The normalized spacial score (nSPS) is 12.7. The molecule has 1 atom stereocenters. The van der Waals surface area contributed by atoms with Gasteiger partial charge in [-0.05, 0) is 6.92 Å². The summed E-state index contributed by atoms with van der Waals surface area (Å²) in [6.45, 7) is 2.11. The molecule has 1 unspecified atom stereocenters. The summed E-state index contributed by atoms with van der Waals surface area (Å²) in [7, 11) is 1.91. The molecule has 2 rings (SSSR count). The van der Waals surface area contributed by atoms with Gasteiger partial charge in [0.1, 0.15) is 0 Å². The minimum Gasteiger partial charge on any atom is -0.375 e. The van der Waals surface area contributed by atoms with Crippen LogP contribution in [0, 0.1) is 0 Å². The van der Waals surface area contributed by atoms with Crippen LogP contribution in [0.1, 0.15) is 17.8 Å². The molecule has 0 spiro atoms. The molecule has 4 nitrogen and oxygen atoms in total. The Bertz CT molecular complexity index is 393. The number of aryl methyl sites for hydroxylation is 1. The number of aromatic nitrogens is 3. The first kappa shape index (κ1) is 9.21. The van der Waals surface area contributed by atoms with Crippen molar-refractivity contribution < 1.29 is 0 Å². The third-order valence-electron chi connectivity index (χ3n) is 1.97. The van der Waals surface area contributed by atoms with Crippen molar-refractivity contribution in [1.82, 2.24) is 14.8 Å². The molecule has 14 heavy (non-hydrogen) atoms. The van der Waals surface area contributed by atoms with Crippen LogP contribution in [-0.2, 0) is 7.05 Å². The number of hydrogen-bond acceptors (Lipinski definition) is 4. The summed E-state index contributed by atoms with van der Waals surface area (Å²) in [4.78, 5) is 5.28. The molecule has 0 amide bonds. The number of nitrogens with one attached hydrogen (secondary N) is 1. The standard InChI is InChI=1S/C9H12N4S/c1-7(9-4-10-6-14-9)12-8-3-11-13(2)5-8/h3-7,12H,1-2H3. The van der Waals surface area contributed by atoms with Crippen molar-refractivity contribution in [2.75, 3.05) is 5.32 Å². The quantitative estimate of drug-likeness (QED) is 0.839. The molecule has 74 valence electrons. The van der Waals surface area contributed by atoms with Gasteiger partial charge in [0.25, 0.3) is 0 Å². The first-order valence-electron chi connectivity index (χ1n) is 4.39. The Kier molecular flexibility index (Phi) is 2.49. The van der Waals surface area contributed by atoms with Crippen molar-refractivity contribution >= 4 is 17.0 Å². The fraction of sp³-hybridized carbons (Fsp3) is 0.333. The molecule has 0 fully saturated rings. The summed E-state index contributed by atoms with van der Waals surface area (Å²) in [5, 5.41) is 7.45. The van der Waals surface area contributed by atoms with E-state index in [4.69, 9.17) is 0 Å². The van der Waals surface area contributed by atoms with Crippen LogP contribution in [0.4, 0.5) is 5.69 Å². The van der Waals surface area contributed by atoms with E-state index in [1.165, 1.54) is 4.88 Å². The van der Waals surface area contributed by atoms with Crippen LogP contribution >= 0.6 is 11.3 Å². The third-order valence-corrected chi connectivity index (χ3v) is 2.92. The van der Waals surface area contributed by atoms with E-state index < -0.39 is 0 Å². The Morgan fingerprint density at radius 2 is 2.36 bits per heavy atom. The van der Waals surface area contributed by atoms with Crippen molar-refractivity contribution in [3.05, 3.63) is 29.0 Å². The predicted octanol–water partition coefficient (Wildman–Crippen LogP) is 2.05. The van der Waals surface area contributed by atoms with Crippen LogP contribution < -0.4 is 5.32 Å². The molecule has 0 saturated carbocycles. The fourth-order valence-electron chi connectivity index (χ4n) is 1.26. The Hall–Kier alpha value is -1.36. The van der Waals surface area contributed by atoms with Crippen LogP contribution in [0.3, 0.4) is 0 Å². The van der Waals surface area contributed by atoms with Gasteiger partial charge in [-0.1, -0.05) is 0 Å². The van der Waals surface area contributed by atoms with Crippen LogP contribution in [0.25, 0.3) is 0 Å². The van der Waals surface area contributed by atoms with E-state index in [1.54, 1.807) is 16.0 Å². The van der Waals surface area contributed by atoms with Crippen molar-refractivity contribution in [2.24, 2.45) is 7.05 Å². The monoisotopic (exact) mass is 208 g/mol. The summed E-state index contributed by atoms with van der Waals surface area (Å²) in [5.74, 6) is 0. The molecule has 0 aromatic carbocycles. The van der Waals surface area contributed by atoms with E-state index in [-0.39, 0.29) is 6.04 Å². The second-order valence-corrected chi connectivity index (χ2v) is 4.09. The van der Waals surface area contributed by atoms with Gasteiger partial charge in [0.2, 0.25) is 0 Å². The van der Waals surface area contributed by atoms with E-state index in [0.717, 1.165) is 5.69 Å². The van der Waals surface area contributed by atoms with E-state index in [0.29, 0.717) is 0 Å². The van der Waals surface area contributed by atoms with Crippen LogP contribution in [0.2, 0.25) is 0 Å². The zero-order valence-corrected chi connectivity index (χ0v) is 8.95. The molecule has 0 saturated heterocycles. The van der Waals surface area contributed by atoms with Gasteiger partial charge in [0, 0.05) is 24.3 Å². The smallest absolute Gasteiger partial charge is 0.0795 e. The maximum absolute atomic E-state index is 4.09. The number of anilines is 1. The second kappa shape index (κ2) is 3.79. The van der Waals surface area contributed by atoms with Crippen LogP contribution in [0.15, 0.2) is 24.1 Å². The average Bonchev–Trinajstić information content (AvgIpc) is 2.75. The molecule has 2 aromatic heterocycles. The van der Waals surface area contributed by atoms with E-state index in [1.807, 2.05) is 31.1 Å². The largest absolute Gasteiger partial charge is 0.375 e. The van der Waals surface area contributed by atoms with Crippen molar-refractivity contribution in [1.29, 1.82) is 0 Å². The first-order valence-corrected chi connectivity index (χ1v) is 5.27. The van der Waals surface area contributed by atoms with Gasteiger partial charge >= 0.3 is 0 Å². The Morgan fingerprint density at radius 3 is 2.93 bits per heavy atom. The fourth-order valence-corrected chi connectivity index (χ4v) is 1.88. The molecule has 2 aromatic rings. The highest BCUT2D eigenvalue weighted by Crippen LogP contribution is 2.20. The molecule has 5 heteroatoms. The van der Waals surface area contributed by atoms with Gasteiger partial charge < -0.3 is 5.32 Å². The lowest BCUT2D eigenvalue weighted by Gasteiger charge is -2.10. The minimum atomic E-state index is 0.284. The molecular weight excluding hydrogens is 196 g/mol. The van der Waals surface area contributed by atoms with E-state index in [9.17, 15) is 0 Å².